The molecule has 0 unspecified atom stereocenters. The van der Waals surface area contributed by atoms with Crippen molar-refractivity contribution in [3.05, 3.63) is 63.9 Å². The van der Waals surface area contributed by atoms with Crippen LogP contribution in [0.1, 0.15) is 31.2 Å². The van der Waals surface area contributed by atoms with Gasteiger partial charge in [0.25, 0.3) is 0 Å². The number of hydrogen-bond acceptors (Lipinski definition) is 3. The van der Waals surface area contributed by atoms with Gasteiger partial charge in [0.1, 0.15) is 16.6 Å². The van der Waals surface area contributed by atoms with E-state index in [0.29, 0.717) is 79.7 Å². The lowest BCUT2D eigenvalue weighted by Crippen LogP contribution is -2.43. The predicted octanol–water partition coefficient (Wildman–Crippen LogP) is 4.89. The molecule has 172 valence electrons. The Bertz CT molecular complexity index is 933. The molecule has 0 saturated carbocycles. The first-order valence-electron chi connectivity index (χ1n) is 10.8. The van der Waals surface area contributed by atoms with E-state index in [9.17, 15) is 14.0 Å². The molecule has 2 aromatic rings. The molecule has 0 spiro atoms. The first-order chi connectivity index (χ1) is 15.5. The Hall–Kier alpha value is -2.31. The van der Waals surface area contributed by atoms with Crippen molar-refractivity contribution in [3.8, 4) is 5.75 Å². The zero-order valence-corrected chi connectivity index (χ0v) is 19.3. The van der Waals surface area contributed by atoms with Gasteiger partial charge < -0.3 is 15.0 Å². The van der Waals surface area contributed by atoms with Gasteiger partial charge in [0.05, 0.1) is 11.6 Å². The minimum absolute atomic E-state index is 0.0276. The van der Waals surface area contributed by atoms with E-state index in [1.165, 1.54) is 6.07 Å². The number of nitrogens with one attached hydrogen (secondary N) is 1. The molecule has 3 rings (SSSR count). The second-order valence-corrected chi connectivity index (χ2v) is 8.58. The Morgan fingerprint density at radius 2 is 1.84 bits per heavy atom. The van der Waals surface area contributed by atoms with Crippen LogP contribution in [0.2, 0.25) is 10.0 Å². The average molecular weight is 481 g/mol. The molecule has 1 fully saturated rings. The maximum absolute atomic E-state index is 13.6. The van der Waals surface area contributed by atoms with Crippen LogP contribution in [0.15, 0.2) is 42.5 Å². The second-order valence-electron chi connectivity index (χ2n) is 7.79. The number of carbonyl (C=O) groups excluding carboxylic acids is 2. The molecule has 0 aromatic heterocycles. The molecule has 0 atom stereocenters. The summed E-state index contributed by atoms with van der Waals surface area (Å²) in [6.45, 7) is 1.89. The highest BCUT2D eigenvalue weighted by molar-refractivity contribution is 6.42. The monoisotopic (exact) mass is 480 g/mol. The van der Waals surface area contributed by atoms with Gasteiger partial charge in [-0.2, -0.15) is 0 Å². The molecule has 5 nitrogen and oxygen atoms in total. The summed E-state index contributed by atoms with van der Waals surface area (Å²) < 4.78 is 19.3. The molecule has 1 N–H and O–H groups in total. The van der Waals surface area contributed by atoms with Gasteiger partial charge in [-0.15, -0.1) is 0 Å². The lowest BCUT2D eigenvalue weighted by molar-refractivity contribution is -0.135. The normalized spacial score (nSPS) is 14.3. The smallest absolute Gasteiger partial charge is 0.223 e. The SMILES string of the molecule is O=C(NCCc1ccccc1F)C1CCN(C(=O)CCCOc2cccc(Cl)c2Cl)CC1. The van der Waals surface area contributed by atoms with Crippen LogP contribution in [-0.2, 0) is 16.0 Å². The molecule has 1 heterocycles. The summed E-state index contributed by atoms with van der Waals surface area (Å²) in [7, 11) is 0. The van der Waals surface area contributed by atoms with Crippen LogP contribution >= 0.6 is 23.2 Å². The van der Waals surface area contributed by atoms with Crippen molar-refractivity contribution in [1.29, 1.82) is 0 Å². The molecule has 2 aromatic carbocycles. The summed E-state index contributed by atoms with van der Waals surface area (Å²) >= 11 is 12.0. The number of likely N-dealkylation sites (tertiary alicyclic amines) is 1. The lowest BCUT2D eigenvalue weighted by atomic mass is 9.95. The Morgan fingerprint density at radius 1 is 1.09 bits per heavy atom. The highest BCUT2D eigenvalue weighted by Gasteiger charge is 2.26. The fourth-order valence-corrected chi connectivity index (χ4v) is 4.06. The van der Waals surface area contributed by atoms with Crippen molar-refractivity contribution in [2.75, 3.05) is 26.2 Å². The van der Waals surface area contributed by atoms with E-state index in [2.05, 4.69) is 5.32 Å². The molecular formula is C24H27Cl2FN2O3. The van der Waals surface area contributed by atoms with E-state index in [4.69, 9.17) is 27.9 Å². The largest absolute Gasteiger partial charge is 0.492 e. The number of nitrogens with zero attached hydrogens (tertiary/aromatic N) is 1. The molecule has 1 aliphatic rings. The number of rotatable bonds is 9. The average Bonchev–Trinajstić information content (AvgIpc) is 2.80. The van der Waals surface area contributed by atoms with Crippen molar-refractivity contribution < 1.29 is 18.7 Å². The van der Waals surface area contributed by atoms with E-state index in [1.807, 2.05) is 0 Å². The van der Waals surface area contributed by atoms with Gasteiger partial charge in [-0.3, -0.25) is 9.59 Å². The zero-order chi connectivity index (χ0) is 22.9. The summed E-state index contributed by atoms with van der Waals surface area (Å²) in [6, 6.07) is 11.8. The van der Waals surface area contributed by atoms with E-state index < -0.39 is 0 Å². The summed E-state index contributed by atoms with van der Waals surface area (Å²) in [4.78, 5) is 26.7. The van der Waals surface area contributed by atoms with Crippen LogP contribution in [-0.4, -0.2) is 43.0 Å². The summed E-state index contributed by atoms with van der Waals surface area (Å²) in [5.41, 5.74) is 0.592. The van der Waals surface area contributed by atoms with Gasteiger partial charge in [-0.25, -0.2) is 4.39 Å². The highest BCUT2D eigenvalue weighted by atomic mass is 35.5. The maximum Gasteiger partial charge on any atom is 0.223 e. The number of piperidine rings is 1. The van der Waals surface area contributed by atoms with Crippen LogP contribution in [0.3, 0.4) is 0 Å². The van der Waals surface area contributed by atoms with Gasteiger partial charge in [-0.05, 0) is 49.4 Å². The van der Waals surface area contributed by atoms with Gasteiger partial charge in [0.2, 0.25) is 11.8 Å². The summed E-state index contributed by atoms with van der Waals surface area (Å²) in [6.07, 6.45) is 2.66. The number of amides is 2. The van der Waals surface area contributed by atoms with Gasteiger partial charge in [-0.1, -0.05) is 47.5 Å². The van der Waals surface area contributed by atoms with E-state index in [-0.39, 0.29) is 23.5 Å². The van der Waals surface area contributed by atoms with Crippen LogP contribution < -0.4 is 10.1 Å². The number of hydrogen-bond donors (Lipinski definition) is 1. The number of halogens is 3. The minimum atomic E-state index is -0.255. The third-order valence-corrected chi connectivity index (χ3v) is 6.38. The first-order valence-corrected chi connectivity index (χ1v) is 11.6. The standard InChI is InChI=1S/C24H27Cl2FN2O3/c25-19-6-3-8-21(23(19)26)32-16-4-9-22(30)29-14-11-18(12-15-29)24(31)28-13-10-17-5-1-2-7-20(17)27/h1-3,5-8,18H,4,9-16H2,(H,28,31). The predicted molar refractivity (Wildman–Crippen MR) is 124 cm³/mol. The molecule has 2 amide bonds. The Balaban J connectivity index is 1.32. The molecule has 32 heavy (non-hydrogen) atoms. The van der Waals surface area contributed by atoms with Gasteiger partial charge in [0, 0.05) is 32.0 Å². The summed E-state index contributed by atoms with van der Waals surface area (Å²) in [5, 5.41) is 3.69. The van der Waals surface area contributed by atoms with E-state index in [1.54, 1.807) is 41.3 Å². The molecule has 1 saturated heterocycles. The van der Waals surface area contributed by atoms with Crippen molar-refractivity contribution in [2.45, 2.75) is 32.1 Å². The molecule has 8 heteroatoms. The van der Waals surface area contributed by atoms with Crippen molar-refractivity contribution >= 4 is 35.0 Å². The zero-order valence-electron chi connectivity index (χ0n) is 17.8. The highest BCUT2D eigenvalue weighted by Crippen LogP contribution is 2.31. The van der Waals surface area contributed by atoms with Gasteiger partial charge in [0.15, 0.2) is 0 Å². The molecule has 0 bridgehead atoms. The third-order valence-electron chi connectivity index (χ3n) is 5.58. The van der Waals surface area contributed by atoms with Crippen molar-refractivity contribution in [2.24, 2.45) is 5.92 Å². The second kappa shape index (κ2) is 12.1. The lowest BCUT2D eigenvalue weighted by Gasteiger charge is -2.31. The molecule has 0 aliphatic carbocycles. The topological polar surface area (TPSA) is 58.6 Å². The fraction of sp³-hybridized carbons (Fsp3) is 0.417. The Labute approximate surface area is 197 Å². The van der Waals surface area contributed by atoms with E-state index >= 15 is 0 Å². The van der Waals surface area contributed by atoms with Crippen LogP contribution in [0.4, 0.5) is 4.39 Å². The Morgan fingerprint density at radius 3 is 2.59 bits per heavy atom. The van der Waals surface area contributed by atoms with Crippen LogP contribution in [0.25, 0.3) is 0 Å². The van der Waals surface area contributed by atoms with Gasteiger partial charge >= 0.3 is 0 Å². The first kappa shape index (κ1) is 24.3. The van der Waals surface area contributed by atoms with Crippen LogP contribution in [0, 0.1) is 11.7 Å². The number of carbonyl (C=O) groups is 2. The maximum atomic E-state index is 13.6. The number of ether oxygens (including phenoxy) is 1. The molecule has 1 aliphatic heterocycles. The quantitative estimate of drug-likeness (QED) is 0.519. The van der Waals surface area contributed by atoms with Crippen molar-refractivity contribution in [1.82, 2.24) is 10.2 Å². The van der Waals surface area contributed by atoms with Crippen LogP contribution in [0.5, 0.6) is 5.75 Å². The fourth-order valence-electron chi connectivity index (χ4n) is 3.72. The van der Waals surface area contributed by atoms with Crippen molar-refractivity contribution in [3.63, 3.8) is 0 Å². The summed E-state index contributed by atoms with van der Waals surface area (Å²) in [5.74, 6) is 0.167. The number of benzene rings is 2. The molecular weight excluding hydrogens is 454 g/mol. The molecule has 0 radical (unpaired) electrons. The third kappa shape index (κ3) is 6.84. The minimum Gasteiger partial charge on any atom is -0.492 e. The van der Waals surface area contributed by atoms with E-state index in [0.717, 1.165) is 0 Å². The Kier molecular flexibility index (Phi) is 9.18.